The summed E-state index contributed by atoms with van der Waals surface area (Å²) in [6.45, 7) is -0.448. The van der Waals surface area contributed by atoms with E-state index in [1.165, 1.54) is 23.1 Å². The van der Waals surface area contributed by atoms with E-state index in [9.17, 15) is 18.0 Å². The molecule has 1 saturated carbocycles. The minimum atomic E-state index is -3.93. The van der Waals surface area contributed by atoms with Crippen molar-refractivity contribution in [3.05, 3.63) is 98.4 Å². The molecule has 218 valence electrons. The Morgan fingerprint density at radius 1 is 0.976 bits per heavy atom. The van der Waals surface area contributed by atoms with Crippen molar-refractivity contribution >= 4 is 66.7 Å². The Labute approximate surface area is 260 Å². The number of nitrogens with one attached hydrogen (secondary N) is 1. The van der Waals surface area contributed by atoms with Crippen LogP contribution in [0.25, 0.3) is 0 Å². The van der Waals surface area contributed by atoms with Gasteiger partial charge < -0.3 is 10.2 Å². The quantitative estimate of drug-likeness (QED) is 0.261. The molecule has 3 aromatic carbocycles. The molecule has 0 aliphatic heterocycles. The van der Waals surface area contributed by atoms with E-state index in [-0.39, 0.29) is 35.6 Å². The van der Waals surface area contributed by atoms with Crippen LogP contribution in [0.4, 0.5) is 5.69 Å². The van der Waals surface area contributed by atoms with E-state index in [1.807, 2.05) is 54.6 Å². The fraction of sp³-hybridized carbons (Fsp3) is 0.333. The van der Waals surface area contributed by atoms with Gasteiger partial charge in [-0.25, -0.2) is 8.42 Å². The summed E-state index contributed by atoms with van der Waals surface area (Å²) < 4.78 is 27.6. The van der Waals surface area contributed by atoms with Gasteiger partial charge in [0.1, 0.15) is 12.6 Å². The lowest BCUT2D eigenvalue weighted by Gasteiger charge is -2.34. The molecule has 1 aliphatic carbocycles. The Morgan fingerprint density at radius 3 is 2.29 bits per heavy atom. The van der Waals surface area contributed by atoms with Crippen molar-refractivity contribution in [2.45, 2.75) is 50.7 Å². The van der Waals surface area contributed by atoms with Gasteiger partial charge in [0.05, 0.1) is 17.0 Å². The van der Waals surface area contributed by atoms with Gasteiger partial charge in [0.25, 0.3) is 0 Å². The van der Waals surface area contributed by atoms with Crippen LogP contribution < -0.4 is 9.62 Å². The molecule has 0 heterocycles. The van der Waals surface area contributed by atoms with Crippen molar-refractivity contribution in [2.75, 3.05) is 17.1 Å². The van der Waals surface area contributed by atoms with Crippen LogP contribution in [-0.4, -0.2) is 50.0 Å². The minimum absolute atomic E-state index is 0.0454. The molecule has 2 amide bonds. The standard InChI is InChI=1S/C30H32BrCl2N3O4S/c1-41(39,40)36(27-15-14-24(32)18-26(27)33)20-29(37)35(19-22-10-7-11-23(31)16-22)28(17-21-8-3-2-4-9-21)30(38)34-25-12-5-6-13-25/h2-4,7-11,14-16,18,25,28H,5-6,12-13,17,19-20H2,1H3,(H,34,38). The summed E-state index contributed by atoms with van der Waals surface area (Å²) in [5, 5.41) is 3.58. The van der Waals surface area contributed by atoms with Crippen LogP contribution in [0.15, 0.2) is 77.3 Å². The van der Waals surface area contributed by atoms with Crippen molar-refractivity contribution in [1.29, 1.82) is 0 Å². The Hall–Kier alpha value is -2.59. The van der Waals surface area contributed by atoms with Crippen molar-refractivity contribution < 1.29 is 18.0 Å². The second kappa shape index (κ2) is 14.1. The molecule has 11 heteroatoms. The summed E-state index contributed by atoms with van der Waals surface area (Å²) in [5.74, 6) is -0.802. The number of hydrogen-bond acceptors (Lipinski definition) is 4. The number of benzene rings is 3. The van der Waals surface area contributed by atoms with Gasteiger partial charge in [0, 0.05) is 28.5 Å². The molecular weight excluding hydrogens is 649 g/mol. The molecule has 1 unspecified atom stereocenters. The largest absolute Gasteiger partial charge is 0.352 e. The molecule has 1 aliphatic rings. The summed E-state index contributed by atoms with van der Waals surface area (Å²) in [4.78, 5) is 29.5. The van der Waals surface area contributed by atoms with Crippen LogP contribution in [0.5, 0.6) is 0 Å². The third kappa shape index (κ3) is 8.70. The molecule has 1 fully saturated rings. The first-order valence-corrected chi connectivity index (χ1v) is 16.7. The Balaban J connectivity index is 1.74. The maximum absolute atomic E-state index is 14.2. The van der Waals surface area contributed by atoms with Gasteiger partial charge in [-0.1, -0.05) is 94.4 Å². The molecule has 0 bridgehead atoms. The maximum Gasteiger partial charge on any atom is 0.244 e. The van der Waals surface area contributed by atoms with Crippen molar-refractivity contribution in [3.8, 4) is 0 Å². The second-order valence-corrected chi connectivity index (χ2v) is 13.9. The van der Waals surface area contributed by atoms with Gasteiger partial charge in [-0.05, 0) is 54.3 Å². The number of nitrogens with zero attached hydrogens (tertiary/aromatic N) is 2. The lowest BCUT2D eigenvalue weighted by atomic mass is 10.0. The number of amides is 2. The molecule has 7 nitrogen and oxygen atoms in total. The van der Waals surface area contributed by atoms with E-state index in [1.54, 1.807) is 0 Å². The molecule has 41 heavy (non-hydrogen) atoms. The van der Waals surface area contributed by atoms with Crippen LogP contribution in [-0.2, 0) is 32.6 Å². The van der Waals surface area contributed by atoms with Gasteiger partial charge in [0.15, 0.2) is 0 Å². The molecule has 0 saturated heterocycles. The number of carbonyl (C=O) groups excluding carboxylic acids is 2. The number of halogens is 3. The Kier molecular flexibility index (Phi) is 10.7. The number of hydrogen-bond donors (Lipinski definition) is 1. The molecule has 3 aromatic rings. The first-order valence-electron chi connectivity index (χ1n) is 13.3. The molecule has 1 N–H and O–H groups in total. The van der Waals surface area contributed by atoms with Gasteiger partial charge in [0.2, 0.25) is 21.8 Å². The molecule has 0 spiro atoms. The molecule has 0 radical (unpaired) electrons. The topological polar surface area (TPSA) is 86.8 Å². The Bertz CT molecular complexity index is 1480. The third-order valence-corrected chi connectivity index (χ3v) is 9.23. The SMILES string of the molecule is CS(=O)(=O)N(CC(=O)N(Cc1cccc(Br)c1)C(Cc1ccccc1)C(=O)NC1CCCC1)c1ccc(Cl)cc1Cl. The van der Waals surface area contributed by atoms with E-state index in [2.05, 4.69) is 21.2 Å². The van der Waals surface area contributed by atoms with Crippen LogP contribution in [0.3, 0.4) is 0 Å². The summed E-state index contributed by atoms with van der Waals surface area (Å²) in [6.07, 6.45) is 5.14. The zero-order valence-electron chi connectivity index (χ0n) is 22.6. The predicted molar refractivity (Wildman–Crippen MR) is 168 cm³/mol. The van der Waals surface area contributed by atoms with Crippen molar-refractivity contribution in [2.24, 2.45) is 0 Å². The normalized spacial score (nSPS) is 14.4. The first kappa shape index (κ1) is 31.3. The van der Waals surface area contributed by atoms with Gasteiger partial charge in [-0.3, -0.25) is 13.9 Å². The van der Waals surface area contributed by atoms with Gasteiger partial charge >= 0.3 is 0 Å². The lowest BCUT2D eigenvalue weighted by molar-refractivity contribution is -0.140. The highest BCUT2D eigenvalue weighted by Crippen LogP contribution is 2.31. The predicted octanol–water partition coefficient (Wildman–Crippen LogP) is 6.22. The summed E-state index contributed by atoms with van der Waals surface area (Å²) in [5.41, 5.74) is 1.80. The smallest absolute Gasteiger partial charge is 0.244 e. The van der Waals surface area contributed by atoms with Crippen molar-refractivity contribution in [1.82, 2.24) is 10.2 Å². The zero-order valence-corrected chi connectivity index (χ0v) is 26.5. The summed E-state index contributed by atoms with van der Waals surface area (Å²) in [7, 11) is -3.93. The highest BCUT2D eigenvalue weighted by molar-refractivity contribution is 9.10. The van der Waals surface area contributed by atoms with E-state index in [0.717, 1.165) is 51.8 Å². The number of sulfonamides is 1. The molecule has 0 aromatic heterocycles. The maximum atomic E-state index is 14.2. The molecule has 4 rings (SSSR count). The van der Waals surface area contributed by atoms with E-state index < -0.39 is 28.5 Å². The van der Waals surface area contributed by atoms with Crippen LogP contribution >= 0.6 is 39.1 Å². The third-order valence-electron chi connectivity index (χ3n) is 7.07. The monoisotopic (exact) mass is 679 g/mol. The summed E-state index contributed by atoms with van der Waals surface area (Å²) in [6, 6.07) is 20.5. The van der Waals surface area contributed by atoms with Crippen LogP contribution in [0.2, 0.25) is 10.0 Å². The summed E-state index contributed by atoms with van der Waals surface area (Å²) >= 11 is 15.9. The molecular formula is C30H32BrCl2N3O4S. The Morgan fingerprint density at radius 2 is 1.66 bits per heavy atom. The lowest BCUT2D eigenvalue weighted by Crippen LogP contribution is -2.54. The highest BCUT2D eigenvalue weighted by atomic mass is 79.9. The van der Waals surface area contributed by atoms with E-state index in [4.69, 9.17) is 23.2 Å². The fourth-order valence-corrected chi connectivity index (χ4v) is 6.90. The zero-order chi connectivity index (χ0) is 29.6. The number of carbonyl (C=O) groups is 2. The van der Waals surface area contributed by atoms with E-state index in [0.29, 0.717) is 5.02 Å². The van der Waals surface area contributed by atoms with E-state index >= 15 is 0 Å². The first-order chi connectivity index (χ1) is 19.5. The fourth-order valence-electron chi connectivity index (χ4n) is 5.03. The number of anilines is 1. The minimum Gasteiger partial charge on any atom is -0.352 e. The van der Waals surface area contributed by atoms with Crippen LogP contribution in [0, 0.1) is 0 Å². The van der Waals surface area contributed by atoms with Crippen molar-refractivity contribution in [3.63, 3.8) is 0 Å². The van der Waals surface area contributed by atoms with Crippen LogP contribution in [0.1, 0.15) is 36.8 Å². The molecule has 1 atom stereocenters. The second-order valence-electron chi connectivity index (χ2n) is 10.2. The van der Waals surface area contributed by atoms with Gasteiger partial charge in [-0.15, -0.1) is 0 Å². The van der Waals surface area contributed by atoms with Gasteiger partial charge in [-0.2, -0.15) is 0 Å². The average molecular weight is 681 g/mol. The number of rotatable bonds is 11. The highest BCUT2D eigenvalue weighted by Gasteiger charge is 2.34. The average Bonchev–Trinajstić information content (AvgIpc) is 3.42.